The number of benzene rings is 11. The molecule has 62 heavy (non-hydrogen) atoms. The van der Waals surface area contributed by atoms with Crippen molar-refractivity contribution in [2.75, 3.05) is 0 Å². The van der Waals surface area contributed by atoms with Crippen molar-refractivity contribution in [2.24, 2.45) is 0 Å². The van der Waals surface area contributed by atoms with Gasteiger partial charge in [0.1, 0.15) is 0 Å². The van der Waals surface area contributed by atoms with Gasteiger partial charge in [-0.05, 0) is 120 Å². The fraction of sp³-hybridized carbons (Fsp3) is 0. The predicted octanol–water partition coefficient (Wildman–Crippen LogP) is 16.3. The first kappa shape index (κ1) is 34.6. The minimum Gasteiger partial charge on any atom is -0.309 e. The summed E-state index contributed by atoms with van der Waals surface area (Å²) in [6.45, 7) is 0. The molecule has 11 aromatic carbocycles. The maximum absolute atomic E-state index is 2.45. The largest absolute Gasteiger partial charge is 0.309 e. The summed E-state index contributed by atoms with van der Waals surface area (Å²) in [5.41, 5.74) is 14.4. The van der Waals surface area contributed by atoms with Gasteiger partial charge in [-0.1, -0.05) is 176 Å². The molecule has 0 unspecified atom stereocenters. The van der Waals surface area contributed by atoms with Crippen LogP contribution in [-0.2, 0) is 0 Å². The van der Waals surface area contributed by atoms with Gasteiger partial charge in [-0.3, -0.25) is 0 Å². The molecule has 0 aliphatic rings. The molecule has 0 aliphatic heterocycles. The van der Waals surface area contributed by atoms with Gasteiger partial charge in [0, 0.05) is 32.9 Å². The van der Waals surface area contributed by atoms with Crippen LogP contribution in [0.1, 0.15) is 0 Å². The molecule has 0 saturated heterocycles. The van der Waals surface area contributed by atoms with Crippen LogP contribution >= 0.6 is 0 Å². The molecule has 2 nitrogen and oxygen atoms in total. The SMILES string of the molecule is c1ccc(-c2c3ccc(-n4c5ccccc5c5ccccc54)cc3c(-c3cccc(-c4cccc5ccccc45)c3)c3ccc(-n4c5ccccc5c5ccccc54)cc23)cc1. The second-order valence-corrected chi connectivity index (χ2v) is 16.4. The topological polar surface area (TPSA) is 9.86 Å². The molecule has 2 aromatic heterocycles. The first-order chi connectivity index (χ1) is 30.8. The van der Waals surface area contributed by atoms with Crippen LogP contribution < -0.4 is 0 Å². The fourth-order valence-electron chi connectivity index (χ4n) is 10.4. The van der Waals surface area contributed by atoms with Crippen molar-refractivity contribution in [1.29, 1.82) is 0 Å². The molecule has 288 valence electrons. The third kappa shape index (κ3) is 5.17. The monoisotopic (exact) mass is 786 g/mol. The molecular weight excluding hydrogens is 749 g/mol. The van der Waals surface area contributed by atoms with E-state index in [1.165, 1.54) is 109 Å². The number of fused-ring (bicyclic) bond motifs is 9. The number of para-hydroxylation sites is 4. The Balaban J connectivity index is 1.16. The third-order valence-corrected chi connectivity index (χ3v) is 13.1. The van der Waals surface area contributed by atoms with E-state index in [1.54, 1.807) is 0 Å². The average Bonchev–Trinajstić information content (AvgIpc) is 3.86. The average molecular weight is 787 g/mol. The van der Waals surface area contributed by atoms with Crippen LogP contribution in [0.4, 0.5) is 0 Å². The fourth-order valence-corrected chi connectivity index (χ4v) is 10.4. The molecular formula is C60H38N2. The minimum atomic E-state index is 1.14. The van der Waals surface area contributed by atoms with Gasteiger partial charge in [0.05, 0.1) is 22.1 Å². The first-order valence-corrected chi connectivity index (χ1v) is 21.4. The predicted molar refractivity (Wildman–Crippen MR) is 264 cm³/mol. The van der Waals surface area contributed by atoms with Crippen LogP contribution in [0.5, 0.6) is 0 Å². The lowest BCUT2D eigenvalue weighted by Crippen LogP contribution is -1.98. The molecule has 0 fully saturated rings. The summed E-state index contributed by atoms with van der Waals surface area (Å²) < 4.78 is 4.88. The van der Waals surface area contributed by atoms with E-state index in [1.807, 2.05) is 0 Å². The Morgan fingerprint density at radius 3 is 1.18 bits per heavy atom. The quantitative estimate of drug-likeness (QED) is 0.154. The minimum absolute atomic E-state index is 1.14. The molecule has 0 bridgehead atoms. The van der Waals surface area contributed by atoms with Crippen LogP contribution in [0, 0.1) is 0 Å². The van der Waals surface area contributed by atoms with Gasteiger partial charge in [0.25, 0.3) is 0 Å². The van der Waals surface area contributed by atoms with Crippen LogP contribution in [0.15, 0.2) is 231 Å². The lowest BCUT2D eigenvalue weighted by molar-refractivity contribution is 1.18. The van der Waals surface area contributed by atoms with Gasteiger partial charge < -0.3 is 9.13 Å². The molecule has 2 heteroatoms. The molecule has 13 aromatic rings. The van der Waals surface area contributed by atoms with Gasteiger partial charge in [-0.25, -0.2) is 0 Å². The maximum Gasteiger partial charge on any atom is 0.0541 e. The standard InChI is InChI=1S/C60H38N2/c1-2-17-40(18-3-1)59-51-34-32-44(62-57-30-12-8-25-49(57)50-26-9-13-31-58(50)62)38-54(51)60(42-21-14-20-41(36-42)46-27-15-19-39-16-4-5-22-45(39)46)52-35-33-43(37-53(52)59)61-55-28-10-6-23-47(55)48-24-7-11-29-56(48)61/h1-38H. The van der Waals surface area contributed by atoms with Gasteiger partial charge >= 0.3 is 0 Å². The molecule has 0 atom stereocenters. The lowest BCUT2D eigenvalue weighted by Gasteiger charge is -2.21. The summed E-state index contributed by atoms with van der Waals surface area (Å²) in [5, 5.41) is 12.4. The highest BCUT2D eigenvalue weighted by molar-refractivity contribution is 6.23. The summed E-state index contributed by atoms with van der Waals surface area (Å²) in [6.07, 6.45) is 0. The number of rotatable bonds is 5. The zero-order valence-corrected chi connectivity index (χ0v) is 33.8. The molecule has 13 rings (SSSR count). The lowest BCUT2D eigenvalue weighted by atomic mass is 9.84. The van der Waals surface area contributed by atoms with E-state index in [2.05, 4.69) is 240 Å². The summed E-state index contributed by atoms with van der Waals surface area (Å²) in [7, 11) is 0. The molecule has 0 aliphatic carbocycles. The van der Waals surface area contributed by atoms with Gasteiger partial charge in [0.15, 0.2) is 0 Å². The zero-order chi connectivity index (χ0) is 40.7. The Bertz CT molecular complexity index is 3810. The Hall–Kier alpha value is -8.20. The van der Waals surface area contributed by atoms with E-state index in [0.29, 0.717) is 0 Å². The van der Waals surface area contributed by atoms with Gasteiger partial charge in [-0.2, -0.15) is 0 Å². The number of nitrogens with zero attached hydrogens (tertiary/aromatic N) is 2. The van der Waals surface area contributed by atoms with E-state index in [9.17, 15) is 0 Å². The third-order valence-electron chi connectivity index (χ3n) is 13.1. The van der Waals surface area contributed by atoms with Crippen LogP contribution in [0.25, 0.3) is 121 Å². The zero-order valence-electron chi connectivity index (χ0n) is 33.8. The highest BCUT2D eigenvalue weighted by Crippen LogP contribution is 2.47. The van der Waals surface area contributed by atoms with Crippen molar-refractivity contribution in [1.82, 2.24) is 9.13 Å². The van der Waals surface area contributed by atoms with Crippen molar-refractivity contribution < 1.29 is 0 Å². The summed E-state index contributed by atoms with van der Waals surface area (Å²) in [4.78, 5) is 0. The van der Waals surface area contributed by atoms with Crippen molar-refractivity contribution in [3.05, 3.63) is 231 Å². The summed E-state index contributed by atoms with van der Waals surface area (Å²) >= 11 is 0. The van der Waals surface area contributed by atoms with E-state index >= 15 is 0 Å². The van der Waals surface area contributed by atoms with E-state index in [-0.39, 0.29) is 0 Å². The molecule has 0 amide bonds. The molecule has 0 N–H and O–H groups in total. The van der Waals surface area contributed by atoms with Crippen LogP contribution in [0.2, 0.25) is 0 Å². The Labute approximate surface area is 358 Å². The summed E-state index contributed by atoms with van der Waals surface area (Å²) in [6, 6.07) is 85.0. The maximum atomic E-state index is 2.45. The Morgan fingerprint density at radius 2 is 0.629 bits per heavy atom. The Morgan fingerprint density at radius 1 is 0.226 bits per heavy atom. The van der Waals surface area contributed by atoms with Crippen molar-refractivity contribution in [3.8, 4) is 44.8 Å². The van der Waals surface area contributed by atoms with Crippen molar-refractivity contribution in [3.63, 3.8) is 0 Å². The van der Waals surface area contributed by atoms with Crippen molar-refractivity contribution >= 4 is 75.9 Å². The molecule has 0 radical (unpaired) electrons. The number of hydrogen-bond donors (Lipinski definition) is 0. The molecule has 0 spiro atoms. The summed E-state index contributed by atoms with van der Waals surface area (Å²) in [5.74, 6) is 0. The smallest absolute Gasteiger partial charge is 0.0541 e. The highest BCUT2D eigenvalue weighted by Gasteiger charge is 2.21. The van der Waals surface area contributed by atoms with Gasteiger partial charge in [0.2, 0.25) is 0 Å². The number of aromatic nitrogens is 2. The number of hydrogen-bond acceptors (Lipinski definition) is 0. The second-order valence-electron chi connectivity index (χ2n) is 16.4. The van der Waals surface area contributed by atoms with E-state index in [0.717, 1.165) is 11.4 Å². The van der Waals surface area contributed by atoms with Crippen LogP contribution in [0.3, 0.4) is 0 Å². The van der Waals surface area contributed by atoms with Crippen molar-refractivity contribution in [2.45, 2.75) is 0 Å². The Kier molecular flexibility index (Phi) is 7.64. The molecule has 2 heterocycles. The second kappa shape index (κ2) is 13.7. The normalized spacial score (nSPS) is 11.9. The van der Waals surface area contributed by atoms with E-state index in [4.69, 9.17) is 0 Å². The molecule has 0 saturated carbocycles. The van der Waals surface area contributed by atoms with Crippen LogP contribution in [-0.4, -0.2) is 9.13 Å². The highest BCUT2D eigenvalue weighted by atomic mass is 15.0. The van der Waals surface area contributed by atoms with E-state index < -0.39 is 0 Å². The first-order valence-electron chi connectivity index (χ1n) is 21.4. The van der Waals surface area contributed by atoms with Gasteiger partial charge in [-0.15, -0.1) is 0 Å².